The van der Waals surface area contributed by atoms with Crippen LogP contribution < -0.4 is 5.73 Å². The van der Waals surface area contributed by atoms with Gasteiger partial charge in [0, 0.05) is 13.6 Å². The molecule has 0 rings (SSSR count). The highest BCUT2D eigenvalue weighted by atomic mass is 16.2. The van der Waals surface area contributed by atoms with Crippen molar-refractivity contribution in [3.05, 3.63) is 0 Å². The van der Waals surface area contributed by atoms with E-state index in [0.717, 1.165) is 0 Å². The topological polar surface area (TPSA) is 70.1 Å². The minimum atomic E-state index is -0.423. The molecule has 0 saturated heterocycles. The zero-order chi connectivity index (χ0) is 9.56. The summed E-state index contributed by atoms with van der Waals surface area (Å²) in [5.74, 6) is -0.0900. The van der Waals surface area contributed by atoms with Gasteiger partial charge in [0.05, 0.1) is 18.5 Å². The molecule has 4 heteroatoms. The van der Waals surface area contributed by atoms with Crippen molar-refractivity contribution in [1.82, 2.24) is 4.90 Å². The maximum Gasteiger partial charge on any atom is 0.239 e. The summed E-state index contributed by atoms with van der Waals surface area (Å²) in [6.45, 7) is 2.32. The minimum Gasteiger partial charge on any atom is -0.343 e. The third kappa shape index (κ3) is 3.35. The van der Waals surface area contributed by atoms with Crippen molar-refractivity contribution < 1.29 is 4.79 Å². The van der Waals surface area contributed by atoms with Gasteiger partial charge < -0.3 is 10.6 Å². The lowest BCUT2D eigenvalue weighted by atomic mass is 10.2. The number of hydrogen-bond donors (Lipinski definition) is 1. The number of rotatable bonds is 4. The third-order valence-electron chi connectivity index (χ3n) is 1.69. The molecule has 2 N–H and O–H groups in total. The van der Waals surface area contributed by atoms with E-state index in [9.17, 15) is 4.79 Å². The van der Waals surface area contributed by atoms with Crippen LogP contribution in [0, 0.1) is 11.3 Å². The molecule has 0 spiro atoms. The van der Waals surface area contributed by atoms with Crippen LogP contribution in [0.5, 0.6) is 0 Å². The predicted molar refractivity (Wildman–Crippen MR) is 46.1 cm³/mol. The number of nitrogens with zero attached hydrogens (tertiary/aromatic N) is 2. The summed E-state index contributed by atoms with van der Waals surface area (Å²) >= 11 is 0. The van der Waals surface area contributed by atoms with Gasteiger partial charge in [0.25, 0.3) is 0 Å². The van der Waals surface area contributed by atoms with Crippen molar-refractivity contribution in [2.45, 2.75) is 25.8 Å². The third-order valence-corrected chi connectivity index (χ3v) is 1.69. The second-order valence-electron chi connectivity index (χ2n) is 2.68. The van der Waals surface area contributed by atoms with Gasteiger partial charge in [-0.05, 0) is 6.42 Å². The molecule has 0 aliphatic rings. The largest absolute Gasteiger partial charge is 0.343 e. The molecular weight excluding hydrogens is 154 g/mol. The number of carbonyl (C=O) groups excluding carboxylic acids is 1. The molecule has 0 aromatic rings. The van der Waals surface area contributed by atoms with Crippen molar-refractivity contribution >= 4 is 5.91 Å². The van der Waals surface area contributed by atoms with E-state index >= 15 is 0 Å². The molecule has 0 bridgehead atoms. The second-order valence-corrected chi connectivity index (χ2v) is 2.68. The summed E-state index contributed by atoms with van der Waals surface area (Å²) in [5, 5.41) is 8.27. The lowest BCUT2D eigenvalue weighted by molar-refractivity contribution is -0.131. The Kier molecular flexibility index (Phi) is 5.06. The fourth-order valence-corrected chi connectivity index (χ4v) is 0.786. The van der Waals surface area contributed by atoms with Gasteiger partial charge in [-0.1, -0.05) is 6.92 Å². The van der Waals surface area contributed by atoms with E-state index in [4.69, 9.17) is 11.0 Å². The number of nitrogens with two attached hydrogens (primary N) is 1. The van der Waals surface area contributed by atoms with Gasteiger partial charge in [-0.15, -0.1) is 0 Å². The molecule has 1 atom stereocenters. The fourth-order valence-electron chi connectivity index (χ4n) is 0.786. The van der Waals surface area contributed by atoms with E-state index in [1.165, 1.54) is 4.90 Å². The Hall–Kier alpha value is -1.08. The van der Waals surface area contributed by atoms with Crippen LogP contribution in [-0.4, -0.2) is 30.4 Å². The van der Waals surface area contributed by atoms with E-state index in [2.05, 4.69) is 0 Å². The number of carbonyl (C=O) groups is 1. The van der Waals surface area contributed by atoms with Crippen LogP contribution in [0.25, 0.3) is 0 Å². The first kappa shape index (κ1) is 10.9. The summed E-state index contributed by atoms with van der Waals surface area (Å²) in [4.78, 5) is 12.8. The Bertz CT molecular complexity index is 185. The van der Waals surface area contributed by atoms with Crippen LogP contribution in [0.4, 0.5) is 0 Å². The van der Waals surface area contributed by atoms with Crippen LogP contribution in [-0.2, 0) is 4.79 Å². The van der Waals surface area contributed by atoms with Crippen LogP contribution in [0.2, 0.25) is 0 Å². The normalized spacial score (nSPS) is 11.8. The van der Waals surface area contributed by atoms with Crippen molar-refractivity contribution in [3.8, 4) is 6.07 Å². The zero-order valence-corrected chi connectivity index (χ0v) is 7.58. The summed E-state index contributed by atoms with van der Waals surface area (Å²) in [6, 6.07) is 1.55. The molecule has 0 aliphatic heterocycles. The Labute approximate surface area is 72.9 Å². The Balaban J connectivity index is 3.85. The molecule has 0 radical (unpaired) electrons. The maximum absolute atomic E-state index is 11.3. The molecule has 0 aromatic carbocycles. The molecule has 0 fully saturated rings. The minimum absolute atomic E-state index is 0.0900. The monoisotopic (exact) mass is 169 g/mol. The molecule has 12 heavy (non-hydrogen) atoms. The van der Waals surface area contributed by atoms with Gasteiger partial charge >= 0.3 is 0 Å². The zero-order valence-electron chi connectivity index (χ0n) is 7.58. The highest BCUT2D eigenvalue weighted by molar-refractivity contribution is 5.81. The number of hydrogen-bond acceptors (Lipinski definition) is 3. The van der Waals surface area contributed by atoms with Crippen molar-refractivity contribution in [2.75, 3.05) is 13.6 Å². The maximum atomic E-state index is 11.3. The Morgan fingerprint density at radius 2 is 2.33 bits per heavy atom. The average molecular weight is 169 g/mol. The van der Waals surface area contributed by atoms with Crippen LogP contribution in [0.3, 0.4) is 0 Å². The average Bonchev–Trinajstić information content (AvgIpc) is 2.11. The van der Waals surface area contributed by atoms with Gasteiger partial charge in [-0.25, -0.2) is 0 Å². The summed E-state index contributed by atoms with van der Waals surface area (Å²) in [7, 11) is 1.66. The smallest absolute Gasteiger partial charge is 0.239 e. The fraction of sp³-hybridized carbons (Fsp3) is 0.750. The van der Waals surface area contributed by atoms with Crippen LogP contribution >= 0.6 is 0 Å². The van der Waals surface area contributed by atoms with Crippen molar-refractivity contribution in [3.63, 3.8) is 0 Å². The molecular formula is C8H15N3O. The first-order valence-corrected chi connectivity index (χ1v) is 4.01. The quantitative estimate of drug-likeness (QED) is 0.648. The number of nitriles is 1. The number of likely N-dealkylation sites (N-methyl/N-ethyl adjacent to an activating group) is 1. The summed E-state index contributed by atoms with van der Waals surface area (Å²) in [6.07, 6.45) is 0.994. The SMILES string of the molecule is CCC(N)C(=O)N(C)CCC#N. The summed E-state index contributed by atoms with van der Waals surface area (Å²) in [5.41, 5.74) is 5.52. The lowest BCUT2D eigenvalue weighted by Crippen LogP contribution is -2.41. The van der Waals surface area contributed by atoms with Gasteiger partial charge in [0.2, 0.25) is 5.91 Å². The van der Waals surface area contributed by atoms with Gasteiger partial charge in [0.1, 0.15) is 0 Å². The predicted octanol–water partition coefficient (Wildman–Crippen LogP) is 0.0958. The molecule has 0 aromatic heterocycles. The molecule has 0 saturated carbocycles. The molecule has 4 nitrogen and oxygen atoms in total. The lowest BCUT2D eigenvalue weighted by Gasteiger charge is -2.18. The van der Waals surface area contributed by atoms with E-state index in [-0.39, 0.29) is 5.91 Å². The molecule has 1 unspecified atom stereocenters. The highest BCUT2D eigenvalue weighted by Gasteiger charge is 2.14. The van der Waals surface area contributed by atoms with E-state index in [0.29, 0.717) is 19.4 Å². The first-order chi connectivity index (χ1) is 5.63. The first-order valence-electron chi connectivity index (χ1n) is 4.01. The van der Waals surface area contributed by atoms with Crippen molar-refractivity contribution in [2.24, 2.45) is 5.73 Å². The van der Waals surface area contributed by atoms with E-state index in [1.54, 1.807) is 7.05 Å². The second kappa shape index (κ2) is 5.56. The molecule has 0 heterocycles. The van der Waals surface area contributed by atoms with Gasteiger partial charge in [0.15, 0.2) is 0 Å². The van der Waals surface area contributed by atoms with Crippen LogP contribution in [0.1, 0.15) is 19.8 Å². The van der Waals surface area contributed by atoms with E-state index < -0.39 is 6.04 Å². The standard InChI is InChI=1S/C8H15N3O/c1-3-7(10)8(12)11(2)6-4-5-9/h7H,3-4,6,10H2,1-2H3. The van der Waals surface area contributed by atoms with Crippen LogP contribution in [0.15, 0.2) is 0 Å². The Morgan fingerprint density at radius 1 is 1.75 bits per heavy atom. The number of amides is 1. The van der Waals surface area contributed by atoms with Gasteiger partial charge in [-0.2, -0.15) is 5.26 Å². The van der Waals surface area contributed by atoms with Crippen molar-refractivity contribution in [1.29, 1.82) is 5.26 Å². The molecule has 1 amide bonds. The van der Waals surface area contributed by atoms with Gasteiger partial charge in [-0.3, -0.25) is 4.79 Å². The molecule has 68 valence electrons. The van der Waals surface area contributed by atoms with E-state index in [1.807, 2.05) is 13.0 Å². The summed E-state index contributed by atoms with van der Waals surface area (Å²) < 4.78 is 0. The highest BCUT2D eigenvalue weighted by Crippen LogP contribution is 1.94. The Morgan fingerprint density at radius 3 is 2.75 bits per heavy atom. The molecule has 0 aliphatic carbocycles.